The molecule has 3 nitrogen and oxygen atoms in total. The number of nitrogens with one attached hydrogen (secondary N) is 1. The Morgan fingerprint density at radius 2 is 1.75 bits per heavy atom. The van der Waals surface area contributed by atoms with Crippen molar-refractivity contribution in [2.75, 3.05) is 24.3 Å². The van der Waals surface area contributed by atoms with Gasteiger partial charge in [-0.3, -0.25) is 4.90 Å². The number of hydrogen-bond acceptors (Lipinski definition) is 3. The fraction of sp³-hybridized carbons (Fsp3) is 0.227. The van der Waals surface area contributed by atoms with Gasteiger partial charge < -0.3 is 10.1 Å². The summed E-state index contributed by atoms with van der Waals surface area (Å²) in [6.45, 7) is 6.27. The molecule has 0 saturated heterocycles. The van der Waals surface area contributed by atoms with Crippen LogP contribution in [-0.2, 0) is 17.1 Å². The first-order valence-electron chi connectivity index (χ1n) is 8.98. The van der Waals surface area contributed by atoms with Crippen LogP contribution in [0.5, 0.6) is 0 Å². The Kier molecular flexibility index (Phi) is 11.5. The molecule has 0 heterocycles. The number of anilines is 1. The molecule has 0 aliphatic carbocycles. The van der Waals surface area contributed by atoms with E-state index in [0.29, 0.717) is 5.56 Å². The van der Waals surface area contributed by atoms with Crippen LogP contribution in [0.1, 0.15) is 24.2 Å². The predicted molar refractivity (Wildman–Crippen MR) is 112 cm³/mol. The molecule has 3 rings (SSSR count). The summed E-state index contributed by atoms with van der Waals surface area (Å²) < 4.78 is 12.9. The number of hydrogen-bond donors (Lipinski definition) is 1. The Labute approximate surface area is 181 Å². The third-order valence-electron chi connectivity index (χ3n) is 3.98. The zero-order valence-electron chi connectivity index (χ0n) is 16.0. The Bertz CT molecular complexity index is 766. The van der Waals surface area contributed by atoms with E-state index in [9.17, 15) is 9.18 Å². The van der Waals surface area contributed by atoms with Crippen molar-refractivity contribution in [2.45, 2.75) is 18.7 Å². The van der Waals surface area contributed by atoms with Crippen molar-refractivity contribution in [2.24, 2.45) is 0 Å². The summed E-state index contributed by atoms with van der Waals surface area (Å²) in [6.07, 6.45) is 0. The first kappa shape index (κ1) is 24.2. The van der Waals surface area contributed by atoms with Gasteiger partial charge in [0.1, 0.15) is 5.82 Å². The van der Waals surface area contributed by atoms with Gasteiger partial charge in [-0.25, -0.2) is 16.5 Å². The zero-order chi connectivity index (χ0) is 19.5. The first-order valence-corrected chi connectivity index (χ1v) is 9.97. The van der Waals surface area contributed by atoms with Crippen LogP contribution >= 0.6 is 11.8 Å². The van der Waals surface area contributed by atoms with Crippen molar-refractivity contribution in [1.29, 1.82) is 0 Å². The summed E-state index contributed by atoms with van der Waals surface area (Å²) >= 11 is 1.70. The van der Waals surface area contributed by atoms with Crippen molar-refractivity contribution >= 4 is 23.4 Å². The first-order chi connectivity index (χ1) is 13.1. The molecule has 0 aliphatic rings. The molecule has 0 radical (unpaired) electrons. The van der Waals surface area contributed by atoms with E-state index in [1.165, 1.54) is 24.3 Å². The SMILES string of the molecule is CCN(CC)CSc1ccc[c-]1NC(=O)c1ccc(F)cc1.[Fe+2].c1cc[cH-]c1. The average Bonchev–Trinajstić information content (AvgIpc) is 3.38. The second kappa shape index (κ2) is 13.3. The van der Waals surface area contributed by atoms with E-state index in [1.54, 1.807) is 11.8 Å². The number of thioether (sulfide) groups is 1. The molecule has 3 aromatic carbocycles. The van der Waals surface area contributed by atoms with Gasteiger partial charge in [-0.05, 0) is 36.5 Å². The summed E-state index contributed by atoms with van der Waals surface area (Å²) in [6, 6.07) is 21.3. The molecule has 0 spiro atoms. The van der Waals surface area contributed by atoms with Crippen LogP contribution in [0.2, 0.25) is 0 Å². The van der Waals surface area contributed by atoms with Crippen molar-refractivity contribution < 1.29 is 26.3 Å². The number of carbonyl (C=O) groups is 1. The minimum absolute atomic E-state index is 0. The van der Waals surface area contributed by atoms with E-state index in [4.69, 9.17) is 0 Å². The quantitative estimate of drug-likeness (QED) is 0.225. The number of halogens is 1. The van der Waals surface area contributed by atoms with Crippen LogP contribution in [0.15, 0.2) is 77.7 Å². The van der Waals surface area contributed by atoms with Gasteiger partial charge >= 0.3 is 17.1 Å². The second-order valence-corrected chi connectivity index (χ2v) is 6.79. The normalized spacial score (nSPS) is 10.0. The molecule has 0 saturated carbocycles. The van der Waals surface area contributed by atoms with Crippen molar-refractivity contribution in [3.8, 4) is 0 Å². The van der Waals surface area contributed by atoms with Crippen LogP contribution in [0, 0.1) is 5.82 Å². The summed E-state index contributed by atoms with van der Waals surface area (Å²) in [5.41, 5.74) is 1.24. The van der Waals surface area contributed by atoms with E-state index >= 15 is 0 Å². The second-order valence-electron chi connectivity index (χ2n) is 5.80. The largest absolute Gasteiger partial charge is 2.00 e. The summed E-state index contributed by atoms with van der Waals surface area (Å²) in [5, 5.41) is 2.89. The number of rotatable bonds is 7. The molecule has 0 aliphatic heterocycles. The molecule has 0 unspecified atom stereocenters. The number of amides is 1. The molecule has 3 aromatic rings. The van der Waals surface area contributed by atoms with Gasteiger partial charge in [0.2, 0.25) is 0 Å². The van der Waals surface area contributed by atoms with Gasteiger partial charge in [0.05, 0.1) is 0 Å². The van der Waals surface area contributed by atoms with Crippen LogP contribution < -0.4 is 5.32 Å². The van der Waals surface area contributed by atoms with E-state index in [1.807, 2.05) is 48.5 Å². The molecule has 150 valence electrons. The fourth-order valence-corrected chi connectivity index (χ4v) is 3.45. The van der Waals surface area contributed by atoms with Crippen molar-refractivity contribution in [3.05, 3.63) is 84.2 Å². The third-order valence-corrected chi connectivity index (χ3v) is 5.14. The maximum atomic E-state index is 12.9. The molecule has 6 heteroatoms. The van der Waals surface area contributed by atoms with E-state index in [2.05, 4.69) is 24.1 Å². The molecule has 28 heavy (non-hydrogen) atoms. The van der Waals surface area contributed by atoms with E-state index in [0.717, 1.165) is 29.5 Å². The van der Waals surface area contributed by atoms with Gasteiger partial charge in [-0.1, -0.05) is 30.9 Å². The van der Waals surface area contributed by atoms with Gasteiger partial charge in [0.15, 0.2) is 5.91 Å². The molecular formula is C22H25FFeN2OS. The minimum atomic E-state index is -0.347. The van der Waals surface area contributed by atoms with E-state index < -0.39 is 0 Å². The maximum absolute atomic E-state index is 12.9. The fourth-order valence-electron chi connectivity index (χ4n) is 2.32. The number of nitrogens with zero attached hydrogens (tertiary/aromatic N) is 1. The van der Waals surface area contributed by atoms with Crippen LogP contribution in [0.25, 0.3) is 0 Å². The van der Waals surface area contributed by atoms with Crippen LogP contribution in [0.3, 0.4) is 0 Å². The summed E-state index contributed by atoms with van der Waals surface area (Å²) in [4.78, 5) is 15.5. The maximum Gasteiger partial charge on any atom is 2.00 e. The Hall–Kier alpha value is -1.85. The molecule has 1 N–H and O–H groups in total. The summed E-state index contributed by atoms with van der Waals surface area (Å²) in [7, 11) is 0. The molecule has 0 aromatic heterocycles. The predicted octanol–water partition coefficient (Wildman–Crippen LogP) is 5.59. The molecule has 1 amide bonds. The Morgan fingerprint density at radius 1 is 1.11 bits per heavy atom. The van der Waals surface area contributed by atoms with Crippen molar-refractivity contribution in [1.82, 2.24) is 4.90 Å². The Morgan fingerprint density at radius 3 is 2.29 bits per heavy atom. The van der Waals surface area contributed by atoms with Gasteiger partial charge in [0, 0.05) is 5.88 Å². The number of benzene rings is 1. The van der Waals surface area contributed by atoms with Gasteiger partial charge in [-0.15, -0.1) is 17.8 Å². The monoisotopic (exact) mass is 440 g/mol. The Balaban J connectivity index is 0.000000567. The summed E-state index contributed by atoms with van der Waals surface area (Å²) in [5.74, 6) is 0.312. The third kappa shape index (κ3) is 8.03. The molecular weight excluding hydrogens is 415 g/mol. The molecule has 0 bridgehead atoms. The number of carbonyl (C=O) groups excluding carboxylic acids is 1. The average molecular weight is 440 g/mol. The van der Waals surface area contributed by atoms with Crippen LogP contribution in [0.4, 0.5) is 10.1 Å². The standard InChI is InChI=1S/C17H20FN2OS.C5H5.Fe/c1-3-20(4-2)12-22-16-7-5-6-15(16)19-17(21)13-8-10-14(18)11-9-13;1-2-4-5-3-1;/h5-11H,3-4,12H2,1-2H3,(H,19,21);1-5H;/q2*-1;+2. The van der Waals surface area contributed by atoms with E-state index in [-0.39, 0.29) is 28.8 Å². The smallest absolute Gasteiger partial charge is 0.400 e. The zero-order valence-corrected chi connectivity index (χ0v) is 18.0. The topological polar surface area (TPSA) is 32.3 Å². The minimum Gasteiger partial charge on any atom is -0.400 e. The molecule has 0 atom stereocenters. The van der Waals surface area contributed by atoms with Gasteiger partial charge in [-0.2, -0.15) is 30.3 Å². The molecule has 0 fully saturated rings. The van der Waals surface area contributed by atoms with Crippen molar-refractivity contribution in [3.63, 3.8) is 0 Å². The van der Waals surface area contributed by atoms with Crippen LogP contribution in [-0.4, -0.2) is 29.8 Å². The van der Waals surface area contributed by atoms with Gasteiger partial charge in [0.25, 0.3) is 0 Å².